The van der Waals surface area contributed by atoms with E-state index in [1.54, 1.807) is 11.8 Å². The van der Waals surface area contributed by atoms with Gasteiger partial charge in [0.05, 0.1) is 5.69 Å². The zero-order valence-corrected chi connectivity index (χ0v) is 12.1. The molecule has 1 aromatic rings. The predicted octanol–water partition coefficient (Wildman–Crippen LogP) is 2.06. The summed E-state index contributed by atoms with van der Waals surface area (Å²) in [6, 6.07) is 6.04. The Bertz CT molecular complexity index is 491. The summed E-state index contributed by atoms with van der Waals surface area (Å²) >= 11 is 0. The molecule has 0 fully saturated rings. The summed E-state index contributed by atoms with van der Waals surface area (Å²) in [5, 5.41) is 0. The first-order valence-corrected chi connectivity index (χ1v) is 6.67. The molecule has 104 valence electrons. The lowest BCUT2D eigenvalue weighted by Gasteiger charge is -2.34. The molecule has 19 heavy (non-hydrogen) atoms. The summed E-state index contributed by atoms with van der Waals surface area (Å²) < 4.78 is 5.66. The Hall–Kier alpha value is -1.55. The maximum atomic E-state index is 12.2. The number of carbonyl (C=O) groups is 1. The minimum absolute atomic E-state index is 0.0241. The van der Waals surface area contributed by atoms with Crippen LogP contribution in [0.2, 0.25) is 0 Å². The van der Waals surface area contributed by atoms with Crippen LogP contribution in [0.15, 0.2) is 18.2 Å². The third-order valence-electron chi connectivity index (χ3n) is 3.39. The largest absolute Gasteiger partial charge is 0.479 e. The molecule has 1 heterocycles. The monoisotopic (exact) mass is 262 g/mol. The van der Waals surface area contributed by atoms with Crippen molar-refractivity contribution in [1.82, 2.24) is 0 Å². The van der Waals surface area contributed by atoms with Crippen molar-refractivity contribution >= 4 is 11.6 Å². The second kappa shape index (κ2) is 4.85. The van der Waals surface area contributed by atoms with Crippen LogP contribution in [0.1, 0.15) is 33.3 Å². The lowest BCUT2D eigenvalue weighted by molar-refractivity contribution is -0.125. The summed E-state index contributed by atoms with van der Waals surface area (Å²) in [5.41, 5.74) is 7.66. The van der Waals surface area contributed by atoms with Gasteiger partial charge in [0.15, 0.2) is 6.10 Å². The molecule has 4 heteroatoms. The second-order valence-electron chi connectivity index (χ2n) is 5.97. The van der Waals surface area contributed by atoms with Gasteiger partial charge in [-0.2, -0.15) is 0 Å². The molecule has 0 aromatic heterocycles. The number of hydrogen-bond donors (Lipinski definition) is 1. The van der Waals surface area contributed by atoms with E-state index < -0.39 is 6.10 Å². The third kappa shape index (κ3) is 2.59. The molecule has 1 atom stereocenters. The number of ether oxygens (including phenoxy) is 1. The molecule has 1 aliphatic heterocycles. The van der Waals surface area contributed by atoms with Crippen LogP contribution in [-0.2, 0) is 10.2 Å². The topological polar surface area (TPSA) is 55.6 Å². The van der Waals surface area contributed by atoms with Gasteiger partial charge in [-0.1, -0.05) is 26.8 Å². The van der Waals surface area contributed by atoms with Crippen LogP contribution in [0, 0.1) is 0 Å². The zero-order chi connectivity index (χ0) is 14.2. The number of nitrogens with zero attached hydrogens (tertiary/aromatic N) is 1. The van der Waals surface area contributed by atoms with Crippen LogP contribution in [0.5, 0.6) is 5.75 Å². The maximum absolute atomic E-state index is 12.2. The van der Waals surface area contributed by atoms with Crippen LogP contribution in [0.4, 0.5) is 5.69 Å². The third-order valence-corrected chi connectivity index (χ3v) is 3.39. The highest BCUT2D eigenvalue weighted by atomic mass is 16.5. The van der Waals surface area contributed by atoms with Gasteiger partial charge < -0.3 is 15.4 Å². The Morgan fingerprint density at radius 2 is 2.05 bits per heavy atom. The molecule has 0 radical (unpaired) electrons. The first-order valence-electron chi connectivity index (χ1n) is 6.67. The van der Waals surface area contributed by atoms with Gasteiger partial charge in [0, 0.05) is 13.1 Å². The van der Waals surface area contributed by atoms with Crippen LogP contribution >= 0.6 is 0 Å². The summed E-state index contributed by atoms with van der Waals surface area (Å²) in [7, 11) is 0. The normalized spacial score (nSPS) is 19.1. The Morgan fingerprint density at radius 3 is 2.63 bits per heavy atom. The lowest BCUT2D eigenvalue weighted by Crippen LogP contribution is -2.46. The van der Waals surface area contributed by atoms with E-state index in [0.29, 0.717) is 13.1 Å². The minimum atomic E-state index is -0.445. The van der Waals surface area contributed by atoms with E-state index in [4.69, 9.17) is 10.5 Å². The number of carbonyl (C=O) groups excluding carboxylic acids is 1. The van der Waals surface area contributed by atoms with Crippen molar-refractivity contribution in [3.63, 3.8) is 0 Å². The number of nitrogens with two attached hydrogens (primary N) is 1. The fourth-order valence-electron chi connectivity index (χ4n) is 2.23. The van der Waals surface area contributed by atoms with Gasteiger partial charge >= 0.3 is 0 Å². The molecule has 0 bridgehead atoms. The summed E-state index contributed by atoms with van der Waals surface area (Å²) in [5.74, 6) is 0.734. The van der Waals surface area contributed by atoms with Gasteiger partial charge in [0.1, 0.15) is 5.75 Å². The van der Waals surface area contributed by atoms with Crippen LogP contribution in [-0.4, -0.2) is 25.1 Å². The zero-order valence-electron chi connectivity index (χ0n) is 12.1. The average molecular weight is 262 g/mol. The molecule has 1 amide bonds. The minimum Gasteiger partial charge on any atom is -0.479 e. The van der Waals surface area contributed by atoms with E-state index in [9.17, 15) is 4.79 Å². The predicted molar refractivity (Wildman–Crippen MR) is 76.6 cm³/mol. The summed E-state index contributed by atoms with van der Waals surface area (Å²) in [6.45, 7) is 9.18. The van der Waals surface area contributed by atoms with E-state index in [1.807, 2.05) is 12.1 Å². The van der Waals surface area contributed by atoms with Gasteiger partial charge in [0.2, 0.25) is 0 Å². The smallest absolute Gasteiger partial charge is 0.267 e. The fraction of sp³-hybridized carbons (Fsp3) is 0.533. The number of rotatable bonds is 2. The number of anilines is 1. The van der Waals surface area contributed by atoms with Crippen molar-refractivity contribution in [2.24, 2.45) is 5.73 Å². The Labute approximate surface area is 114 Å². The van der Waals surface area contributed by atoms with E-state index >= 15 is 0 Å². The quantitative estimate of drug-likeness (QED) is 0.887. The molecule has 0 spiro atoms. The highest BCUT2D eigenvalue weighted by molar-refractivity contribution is 5.99. The SMILES string of the molecule is CC1Oc2ccc(C(C)(C)C)cc2N(CCN)C1=O. The van der Waals surface area contributed by atoms with Crippen molar-refractivity contribution in [2.75, 3.05) is 18.0 Å². The van der Waals surface area contributed by atoms with Gasteiger partial charge in [-0.3, -0.25) is 4.79 Å². The molecule has 1 aliphatic rings. The first kappa shape index (κ1) is 13.9. The second-order valence-corrected chi connectivity index (χ2v) is 5.97. The summed E-state index contributed by atoms with van der Waals surface area (Å²) in [4.78, 5) is 13.9. The van der Waals surface area contributed by atoms with Crippen molar-refractivity contribution < 1.29 is 9.53 Å². The number of benzene rings is 1. The van der Waals surface area contributed by atoms with Gasteiger partial charge in [0.25, 0.3) is 5.91 Å². The van der Waals surface area contributed by atoms with Crippen LogP contribution in [0.3, 0.4) is 0 Å². The van der Waals surface area contributed by atoms with E-state index in [0.717, 1.165) is 11.4 Å². The highest BCUT2D eigenvalue weighted by Crippen LogP contribution is 2.37. The molecule has 1 unspecified atom stereocenters. The van der Waals surface area contributed by atoms with Gasteiger partial charge in [-0.25, -0.2) is 0 Å². The van der Waals surface area contributed by atoms with E-state index in [1.165, 1.54) is 5.56 Å². The van der Waals surface area contributed by atoms with Crippen molar-refractivity contribution in [3.05, 3.63) is 23.8 Å². The summed E-state index contributed by atoms with van der Waals surface area (Å²) in [6.07, 6.45) is -0.445. The molecule has 0 aliphatic carbocycles. The number of hydrogen-bond acceptors (Lipinski definition) is 3. The molecule has 2 N–H and O–H groups in total. The number of amides is 1. The number of fused-ring (bicyclic) bond motifs is 1. The highest BCUT2D eigenvalue weighted by Gasteiger charge is 2.31. The maximum Gasteiger partial charge on any atom is 0.267 e. The van der Waals surface area contributed by atoms with E-state index in [2.05, 4.69) is 26.8 Å². The van der Waals surface area contributed by atoms with Crippen molar-refractivity contribution in [3.8, 4) is 5.75 Å². The Morgan fingerprint density at radius 1 is 1.37 bits per heavy atom. The van der Waals surface area contributed by atoms with Crippen molar-refractivity contribution in [1.29, 1.82) is 0 Å². The first-order chi connectivity index (χ1) is 8.84. The Balaban J connectivity index is 2.48. The average Bonchev–Trinajstić information content (AvgIpc) is 2.33. The molecule has 1 aromatic carbocycles. The fourth-order valence-corrected chi connectivity index (χ4v) is 2.23. The molecule has 4 nitrogen and oxygen atoms in total. The molecular weight excluding hydrogens is 240 g/mol. The Kier molecular flexibility index (Phi) is 3.54. The molecular formula is C15H22N2O2. The van der Waals surface area contributed by atoms with Gasteiger partial charge in [-0.05, 0) is 30.0 Å². The van der Waals surface area contributed by atoms with Gasteiger partial charge in [-0.15, -0.1) is 0 Å². The standard InChI is InChI=1S/C15H22N2O2/c1-10-14(18)17(8-7-16)12-9-11(15(2,3)4)5-6-13(12)19-10/h5-6,9-10H,7-8,16H2,1-4H3. The lowest BCUT2D eigenvalue weighted by atomic mass is 9.86. The molecule has 0 saturated carbocycles. The van der Waals surface area contributed by atoms with Crippen LogP contribution < -0.4 is 15.4 Å². The molecule has 2 rings (SSSR count). The van der Waals surface area contributed by atoms with Crippen molar-refractivity contribution in [2.45, 2.75) is 39.2 Å². The van der Waals surface area contributed by atoms with Crippen LogP contribution in [0.25, 0.3) is 0 Å². The molecule has 0 saturated heterocycles. The van der Waals surface area contributed by atoms with E-state index in [-0.39, 0.29) is 11.3 Å².